The number of halogens is 3. The molecule has 0 aliphatic carbocycles. The summed E-state index contributed by atoms with van der Waals surface area (Å²) >= 11 is 22.1. The van der Waals surface area contributed by atoms with Crippen molar-refractivity contribution in [3.05, 3.63) is 104 Å². The van der Waals surface area contributed by atoms with Gasteiger partial charge in [-0.2, -0.15) is 0 Å². The zero-order valence-corrected chi connectivity index (χ0v) is 21.8. The lowest BCUT2D eigenvalue weighted by molar-refractivity contribution is 0.0777. The normalized spacial score (nSPS) is 16.7. The van der Waals surface area contributed by atoms with E-state index in [1.165, 1.54) is 6.07 Å². The first-order valence-electron chi connectivity index (χ1n) is 9.75. The molecule has 0 spiro atoms. The lowest BCUT2D eigenvalue weighted by Gasteiger charge is -2.23. The van der Waals surface area contributed by atoms with Crippen molar-refractivity contribution >= 4 is 90.1 Å². The summed E-state index contributed by atoms with van der Waals surface area (Å²) in [5.41, 5.74) is 0.682. The van der Waals surface area contributed by atoms with Crippen molar-refractivity contribution in [2.24, 2.45) is 4.99 Å². The highest BCUT2D eigenvalue weighted by Gasteiger charge is 2.45. The van der Waals surface area contributed by atoms with Crippen LogP contribution in [0.5, 0.6) is 0 Å². The van der Waals surface area contributed by atoms with Crippen molar-refractivity contribution in [2.45, 2.75) is 6.04 Å². The maximum Gasteiger partial charge on any atom is 0.279 e. The SMILES string of the molecule is O=C(N=C1SC(=S)N(C(=O)c2ccccc2Cl)[C@H]1C(=O)c1ccc(Br)cc1)c1ccccc1Cl. The van der Waals surface area contributed by atoms with Crippen molar-refractivity contribution in [1.29, 1.82) is 0 Å². The fraction of sp³-hybridized carbons (Fsp3) is 0.0417. The van der Waals surface area contributed by atoms with Gasteiger partial charge in [0.2, 0.25) is 0 Å². The summed E-state index contributed by atoms with van der Waals surface area (Å²) in [7, 11) is 0. The smallest absolute Gasteiger partial charge is 0.279 e. The molecule has 0 saturated carbocycles. The molecule has 0 unspecified atom stereocenters. The van der Waals surface area contributed by atoms with Gasteiger partial charge in [0.15, 0.2) is 11.8 Å². The highest BCUT2D eigenvalue weighted by molar-refractivity contribution is 9.10. The van der Waals surface area contributed by atoms with Gasteiger partial charge in [-0.3, -0.25) is 19.3 Å². The number of rotatable bonds is 4. The molecular weight excluding hydrogens is 579 g/mol. The van der Waals surface area contributed by atoms with Gasteiger partial charge in [0.25, 0.3) is 11.8 Å². The van der Waals surface area contributed by atoms with Gasteiger partial charge in [-0.25, -0.2) is 4.99 Å². The summed E-state index contributed by atoms with van der Waals surface area (Å²) < 4.78 is 0.873. The number of Topliss-reactive ketones (excluding diaryl/α,β-unsaturated/α-hetero) is 1. The molecule has 3 aromatic carbocycles. The Morgan fingerprint density at radius 2 is 1.44 bits per heavy atom. The quantitative estimate of drug-likeness (QED) is 0.249. The molecule has 1 heterocycles. The fourth-order valence-corrected chi connectivity index (χ4v) is 5.32. The van der Waals surface area contributed by atoms with E-state index in [1.807, 2.05) is 0 Å². The average Bonchev–Trinajstić information content (AvgIpc) is 3.14. The number of thioether (sulfide) groups is 1. The number of hydrogen-bond acceptors (Lipinski definition) is 5. The summed E-state index contributed by atoms with van der Waals surface area (Å²) in [6.07, 6.45) is 0. The molecule has 5 nitrogen and oxygen atoms in total. The van der Waals surface area contributed by atoms with Crippen LogP contribution in [0.25, 0.3) is 0 Å². The van der Waals surface area contributed by atoms with Crippen LogP contribution in [0, 0.1) is 0 Å². The number of amides is 2. The van der Waals surface area contributed by atoms with Crippen LogP contribution in [0.4, 0.5) is 0 Å². The van der Waals surface area contributed by atoms with Crippen molar-refractivity contribution < 1.29 is 14.4 Å². The largest absolute Gasteiger partial charge is 0.291 e. The predicted molar refractivity (Wildman–Crippen MR) is 143 cm³/mol. The molecule has 0 aromatic heterocycles. The van der Waals surface area contributed by atoms with Crippen LogP contribution in [-0.2, 0) is 0 Å². The Kier molecular flexibility index (Phi) is 7.64. The second-order valence-corrected chi connectivity index (χ2v) is 10.4. The Balaban J connectivity index is 1.80. The molecule has 3 aromatic rings. The van der Waals surface area contributed by atoms with E-state index < -0.39 is 23.6 Å². The minimum absolute atomic E-state index is 0.0863. The second kappa shape index (κ2) is 10.5. The van der Waals surface area contributed by atoms with E-state index >= 15 is 0 Å². The maximum absolute atomic E-state index is 13.6. The Labute approximate surface area is 223 Å². The standard InChI is InChI=1S/C24H13BrCl2N2O3S2/c25-14-11-9-13(10-12-14)20(30)19-22(28-21(31)15-5-1-3-7-17(15)26)34-24(33)29(19)23(32)16-6-2-4-8-18(16)27/h1-12,19H/t19-/m0/s1. The molecule has 0 bridgehead atoms. The number of hydrogen-bond donors (Lipinski definition) is 0. The summed E-state index contributed by atoms with van der Waals surface area (Å²) in [5, 5.41) is 0.526. The molecule has 0 N–H and O–H groups in total. The number of benzene rings is 3. The van der Waals surface area contributed by atoms with Gasteiger partial charge >= 0.3 is 0 Å². The summed E-state index contributed by atoms with van der Waals surface area (Å²) in [6, 6.07) is 18.3. The Morgan fingerprint density at radius 3 is 2.03 bits per heavy atom. The van der Waals surface area contributed by atoms with Crippen LogP contribution in [0.1, 0.15) is 31.1 Å². The third-order valence-corrected chi connectivity index (χ3v) is 7.43. The van der Waals surface area contributed by atoms with Crippen molar-refractivity contribution in [1.82, 2.24) is 4.90 Å². The van der Waals surface area contributed by atoms with E-state index in [1.54, 1.807) is 66.7 Å². The molecule has 1 aliphatic rings. The van der Waals surface area contributed by atoms with Crippen LogP contribution in [-0.4, -0.2) is 37.9 Å². The summed E-state index contributed by atoms with van der Waals surface area (Å²) in [6.45, 7) is 0. The Hall–Kier alpha value is -2.36. The number of carbonyl (C=O) groups is 3. The number of ketones is 1. The topological polar surface area (TPSA) is 66.8 Å². The minimum Gasteiger partial charge on any atom is -0.291 e. The zero-order chi connectivity index (χ0) is 24.4. The molecule has 0 radical (unpaired) electrons. The monoisotopic (exact) mass is 590 g/mol. The van der Waals surface area contributed by atoms with Gasteiger partial charge in [-0.15, -0.1) is 0 Å². The van der Waals surface area contributed by atoms with Crippen molar-refractivity contribution in [2.75, 3.05) is 0 Å². The van der Waals surface area contributed by atoms with Crippen LogP contribution >= 0.6 is 63.1 Å². The minimum atomic E-state index is -1.23. The zero-order valence-electron chi connectivity index (χ0n) is 17.1. The van der Waals surface area contributed by atoms with E-state index in [9.17, 15) is 14.4 Å². The molecule has 1 saturated heterocycles. The summed E-state index contributed by atoms with van der Waals surface area (Å²) in [5.74, 6) is -1.64. The highest BCUT2D eigenvalue weighted by Crippen LogP contribution is 2.33. The summed E-state index contributed by atoms with van der Waals surface area (Å²) in [4.78, 5) is 45.3. The van der Waals surface area contributed by atoms with Crippen molar-refractivity contribution in [3.63, 3.8) is 0 Å². The van der Waals surface area contributed by atoms with Crippen LogP contribution in [0.15, 0.2) is 82.3 Å². The predicted octanol–water partition coefficient (Wildman–Crippen LogP) is 6.72. The van der Waals surface area contributed by atoms with E-state index in [0.717, 1.165) is 21.1 Å². The number of nitrogens with zero attached hydrogens (tertiary/aromatic N) is 2. The number of carbonyl (C=O) groups excluding carboxylic acids is 3. The lowest BCUT2D eigenvalue weighted by atomic mass is 10.0. The Bertz CT molecular complexity index is 1360. The van der Waals surface area contributed by atoms with Gasteiger partial charge < -0.3 is 0 Å². The van der Waals surface area contributed by atoms with E-state index in [-0.39, 0.29) is 30.5 Å². The molecule has 10 heteroatoms. The molecule has 1 fully saturated rings. The molecule has 4 rings (SSSR count). The van der Waals surface area contributed by atoms with Crippen LogP contribution < -0.4 is 0 Å². The molecule has 2 amide bonds. The molecule has 170 valence electrons. The molecule has 1 aliphatic heterocycles. The second-order valence-electron chi connectivity index (χ2n) is 7.03. The van der Waals surface area contributed by atoms with Crippen molar-refractivity contribution in [3.8, 4) is 0 Å². The van der Waals surface area contributed by atoms with Gasteiger partial charge in [-0.05, 0) is 48.2 Å². The first kappa shape index (κ1) is 24.8. The van der Waals surface area contributed by atoms with Crippen LogP contribution in [0.3, 0.4) is 0 Å². The van der Waals surface area contributed by atoms with Gasteiger partial charge in [0.05, 0.1) is 21.2 Å². The third-order valence-electron chi connectivity index (χ3n) is 4.90. The number of aliphatic imine (C=N–C) groups is 1. The van der Waals surface area contributed by atoms with E-state index in [2.05, 4.69) is 20.9 Å². The lowest BCUT2D eigenvalue weighted by Crippen LogP contribution is -2.45. The molecular formula is C24H13BrCl2N2O3S2. The van der Waals surface area contributed by atoms with Gasteiger partial charge in [-0.1, -0.05) is 87.7 Å². The third kappa shape index (κ3) is 5.01. The van der Waals surface area contributed by atoms with E-state index in [4.69, 9.17) is 35.4 Å². The Morgan fingerprint density at radius 1 is 0.882 bits per heavy atom. The maximum atomic E-state index is 13.6. The molecule has 34 heavy (non-hydrogen) atoms. The first-order chi connectivity index (χ1) is 16.3. The van der Waals surface area contributed by atoms with Crippen LogP contribution in [0.2, 0.25) is 10.0 Å². The molecule has 1 atom stereocenters. The van der Waals surface area contributed by atoms with Gasteiger partial charge in [0.1, 0.15) is 9.36 Å². The van der Waals surface area contributed by atoms with Gasteiger partial charge in [0, 0.05) is 10.0 Å². The fourth-order valence-electron chi connectivity index (χ4n) is 3.26. The first-order valence-corrected chi connectivity index (χ1v) is 12.5. The number of thiocarbonyl (C=S) groups is 1. The van der Waals surface area contributed by atoms with E-state index in [0.29, 0.717) is 5.56 Å². The average molecular weight is 592 g/mol. The highest BCUT2D eigenvalue weighted by atomic mass is 79.9.